The summed E-state index contributed by atoms with van der Waals surface area (Å²) in [6, 6.07) is 138. The number of anilines is 6. The molecule has 0 saturated heterocycles. The van der Waals surface area contributed by atoms with Gasteiger partial charge in [-0.15, -0.1) is 11.3 Å². The lowest BCUT2D eigenvalue weighted by molar-refractivity contribution is 0.361. The number of para-hydroxylation sites is 6. The summed E-state index contributed by atoms with van der Waals surface area (Å²) in [6.45, 7) is 4.77. The molecule has 0 bridgehead atoms. The zero-order valence-corrected chi connectivity index (χ0v) is 62.9. The van der Waals surface area contributed by atoms with Crippen LogP contribution < -0.4 is 65.5 Å². The summed E-state index contributed by atoms with van der Waals surface area (Å²) < 4.78 is 22.8. The van der Waals surface area contributed by atoms with Gasteiger partial charge in [-0.05, 0) is 190 Å². The summed E-state index contributed by atoms with van der Waals surface area (Å²) >= 11 is 3.66. The Morgan fingerprint density at radius 3 is 1.36 bits per heavy atom. The molecule has 108 heavy (non-hydrogen) atoms. The van der Waals surface area contributed by atoms with Gasteiger partial charge in [-0.2, -0.15) is 0 Å². The van der Waals surface area contributed by atoms with Crippen LogP contribution in [0.3, 0.4) is 0 Å². The fourth-order valence-electron chi connectivity index (χ4n) is 18.1. The van der Waals surface area contributed by atoms with Crippen molar-refractivity contribution in [2.75, 3.05) is 9.80 Å². The normalized spacial score (nSPS) is 15.8. The van der Waals surface area contributed by atoms with Crippen LogP contribution in [-0.2, 0) is 5.41 Å². The summed E-state index contributed by atoms with van der Waals surface area (Å²) in [5.41, 5.74) is 16.9. The van der Waals surface area contributed by atoms with Crippen LogP contribution in [0.15, 0.2) is 386 Å². The molecule has 0 fully saturated rings. The molecule has 22 rings (SSSR count). The lowest BCUT2D eigenvalue weighted by atomic mass is 9.82. The topological polar surface area (TPSA) is 34.2 Å². The number of hydrogen-bond donors (Lipinski definition) is 0. The molecule has 5 nitrogen and oxygen atoms in total. The number of rotatable bonds is 10. The predicted molar refractivity (Wildman–Crippen MR) is 455 cm³/mol. The van der Waals surface area contributed by atoms with Crippen LogP contribution in [0.2, 0.25) is 0 Å². The van der Waals surface area contributed by atoms with E-state index >= 15 is 0 Å². The van der Waals surface area contributed by atoms with Crippen molar-refractivity contribution in [2.24, 2.45) is 0 Å². The van der Waals surface area contributed by atoms with Crippen molar-refractivity contribution < 1.29 is 14.2 Å². The SMILES string of the molecule is CC1(C)c2ccccc2-c2ccc([Si]3(c4ccc(N(c5ccccc5)c5ccc6c(c5)sc5ccccc56)cc4)c4ccccc4-c4c3ccc3c4Oc4ccccc4O3)cc21.c1ccc(N(c2ccccc2)c2ccc([Si]3(c4ccccc4)c4ccccc4-c4c3ccc3c4Oc4ccccc4S3)cc2)cc1. The Hall–Kier alpha value is -12.5. The van der Waals surface area contributed by atoms with E-state index in [0.717, 1.165) is 79.1 Å². The van der Waals surface area contributed by atoms with Crippen molar-refractivity contribution in [3.05, 3.63) is 387 Å². The molecule has 17 aromatic rings. The van der Waals surface area contributed by atoms with Crippen LogP contribution in [-0.4, -0.2) is 16.1 Å². The van der Waals surface area contributed by atoms with E-state index in [0.29, 0.717) is 0 Å². The minimum Gasteiger partial charge on any atom is -0.454 e. The molecule has 0 saturated carbocycles. The minimum atomic E-state index is -3.01. The second-order valence-electron chi connectivity index (χ2n) is 28.9. The molecule has 512 valence electrons. The van der Waals surface area contributed by atoms with Crippen LogP contribution in [0.1, 0.15) is 25.0 Å². The van der Waals surface area contributed by atoms with Gasteiger partial charge in [0.2, 0.25) is 0 Å². The van der Waals surface area contributed by atoms with E-state index < -0.39 is 16.1 Å². The third kappa shape index (κ3) is 9.82. The maximum atomic E-state index is 6.88. The zero-order valence-electron chi connectivity index (χ0n) is 59.2. The number of nitrogens with zero attached hydrogens (tertiary/aromatic N) is 2. The molecule has 0 radical (unpaired) electrons. The molecule has 16 aromatic carbocycles. The standard InChI is InChI=1S/C57H39NO2SSi.C42H29NOSSi/c1-57(2)46-19-9-6-16-41(46)42-31-29-40(35-47(42)57)62(53-23-13-8-18-45(53)55-54(62)33-32-50-56(55)60-49-21-11-10-20-48(49)59-50)39-27-24-37(25-28-39)58(36-14-4-3-5-15-36)38-26-30-44-43-17-7-12-22-51(43)61-52(44)34-38;1-4-14-30(15-5-1)43(31-16-6-2-7-17-31)32-24-26-34(27-25-32)46(33-18-8-3-9-19-33)39-23-13-10-20-35(39)41-40(46)29-28-38-42(41)44-36-21-11-12-22-37(36)45-38/h3-35H,1-2H3;1-29H. The molecule has 5 aliphatic rings. The van der Waals surface area contributed by atoms with Gasteiger partial charge >= 0.3 is 0 Å². The average Bonchev–Trinajstić information content (AvgIpc) is 1.52. The molecule has 0 N–H and O–H groups in total. The molecule has 0 spiro atoms. The molecule has 1 aromatic heterocycles. The second kappa shape index (κ2) is 25.4. The zero-order chi connectivity index (χ0) is 71.7. The fourth-order valence-corrected chi connectivity index (χ4v) is 30.5. The van der Waals surface area contributed by atoms with E-state index in [-0.39, 0.29) is 5.41 Å². The highest BCUT2D eigenvalue weighted by molar-refractivity contribution is 7.99. The molecular weight excluding hydrogens is 1390 g/mol. The summed E-state index contributed by atoms with van der Waals surface area (Å²) in [5, 5.41) is 13.5. The number of hydrogen-bond acceptors (Lipinski definition) is 7. The van der Waals surface area contributed by atoms with E-state index in [2.05, 4.69) is 375 Å². The number of benzene rings is 16. The Balaban J connectivity index is 0.000000144. The Morgan fingerprint density at radius 2 is 0.713 bits per heavy atom. The predicted octanol–water partition coefficient (Wildman–Crippen LogP) is 21.9. The minimum absolute atomic E-state index is 0.148. The number of thiophene rings is 1. The monoisotopic (exact) mass is 1450 g/mol. The van der Waals surface area contributed by atoms with Crippen molar-refractivity contribution >= 4 is 135 Å². The van der Waals surface area contributed by atoms with Crippen molar-refractivity contribution in [1.82, 2.24) is 0 Å². The molecule has 1 aliphatic carbocycles. The Labute approximate surface area is 638 Å². The van der Waals surface area contributed by atoms with Crippen molar-refractivity contribution in [1.29, 1.82) is 0 Å². The first kappa shape index (κ1) is 64.0. The van der Waals surface area contributed by atoms with E-state index in [1.807, 2.05) is 35.6 Å². The molecule has 9 heteroatoms. The smallest absolute Gasteiger partial charge is 0.181 e. The van der Waals surface area contributed by atoms with E-state index in [1.54, 1.807) is 11.8 Å². The van der Waals surface area contributed by atoms with E-state index in [9.17, 15) is 0 Å². The highest BCUT2D eigenvalue weighted by atomic mass is 32.2. The van der Waals surface area contributed by atoms with Crippen molar-refractivity contribution in [3.63, 3.8) is 0 Å². The molecule has 2 unspecified atom stereocenters. The third-order valence-corrected chi connectivity index (χ3v) is 34.8. The molecule has 4 aliphatic heterocycles. The van der Waals surface area contributed by atoms with Crippen molar-refractivity contribution in [3.8, 4) is 67.9 Å². The van der Waals surface area contributed by atoms with Crippen LogP contribution in [0.5, 0.6) is 34.5 Å². The van der Waals surface area contributed by atoms with Crippen LogP contribution in [0.4, 0.5) is 34.1 Å². The van der Waals surface area contributed by atoms with Crippen molar-refractivity contribution in [2.45, 2.75) is 29.1 Å². The Bertz CT molecular complexity index is 6390. The van der Waals surface area contributed by atoms with Gasteiger partial charge < -0.3 is 24.0 Å². The average molecular weight is 1450 g/mol. The first-order valence-corrected chi connectivity index (χ1v) is 42.6. The van der Waals surface area contributed by atoms with Crippen LogP contribution in [0, 0.1) is 0 Å². The summed E-state index contributed by atoms with van der Waals surface area (Å²) in [4.78, 5) is 7.05. The van der Waals surface area contributed by atoms with Gasteiger partial charge in [0.15, 0.2) is 39.1 Å². The third-order valence-electron chi connectivity index (χ3n) is 22.8. The van der Waals surface area contributed by atoms with Gasteiger partial charge in [-0.1, -0.05) is 286 Å². The highest BCUT2D eigenvalue weighted by Gasteiger charge is 2.53. The number of ether oxygens (including phenoxy) is 3. The van der Waals surface area contributed by atoms with Gasteiger partial charge in [0.25, 0.3) is 0 Å². The lowest BCUT2D eigenvalue weighted by Crippen LogP contribution is -2.73. The summed E-state index contributed by atoms with van der Waals surface area (Å²) in [6.07, 6.45) is 0. The molecule has 0 amide bonds. The van der Waals surface area contributed by atoms with Crippen LogP contribution >= 0.6 is 23.1 Å². The summed E-state index contributed by atoms with van der Waals surface area (Å²) in [5.74, 6) is 4.92. The first-order valence-electron chi connectivity index (χ1n) is 36.9. The molecular formula is C99H68N2O3S2Si2. The second-order valence-corrected chi connectivity index (χ2v) is 38.5. The van der Waals surface area contributed by atoms with Gasteiger partial charge in [-0.25, -0.2) is 0 Å². The molecule has 5 heterocycles. The van der Waals surface area contributed by atoms with Gasteiger partial charge in [0.05, 0.1) is 9.79 Å². The maximum absolute atomic E-state index is 6.88. The van der Waals surface area contributed by atoms with Gasteiger partial charge in [0.1, 0.15) is 11.5 Å². The number of fused-ring (bicyclic) bond motifs is 18. The first-order chi connectivity index (χ1) is 53.3. The highest BCUT2D eigenvalue weighted by Crippen LogP contribution is 2.55. The fraction of sp³-hybridized carbons (Fsp3) is 0.0303. The largest absolute Gasteiger partial charge is 0.454 e. The van der Waals surface area contributed by atoms with Gasteiger partial charge in [-0.3, -0.25) is 0 Å². The Kier molecular flexibility index (Phi) is 15.0. The quantitative estimate of drug-likeness (QED) is 0.127. The van der Waals surface area contributed by atoms with E-state index in [4.69, 9.17) is 14.2 Å². The Morgan fingerprint density at radius 1 is 0.269 bits per heavy atom. The lowest BCUT2D eigenvalue weighted by Gasteiger charge is -2.34. The summed E-state index contributed by atoms with van der Waals surface area (Å²) in [7, 11) is -5.71. The maximum Gasteiger partial charge on any atom is 0.181 e. The van der Waals surface area contributed by atoms with Crippen LogP contribution in [0.25, 0.3) is 53.6 Å². The van der Waals surface area contributed by atoms with E-state index in [1.165, 1.54) is 106 Å². The molecule has 2 atom stereocenters. The van der Waals surface area contributed by atoms with Gasteiger partial charge in [0, 0.05) is 70.8 Å².